The summed E-state index contributed by atoms with van der Waals surface area (Å²) in [5.74, 6) is 36.4. The van der Waals surface area contributed by atoms with Crippen LogP contribution in [0.1, 0.15) is 117 Å². The first-order valence-corrected chi connectivity index (χ1v) is 23.7. The summed E-state index contributed by atoms with van der Waals surface area (Å²) in [4.78, 5) is 0. The van der Waals surface area contributed by atoms with Gasteiger partial charge in [-0.15, -0.1) is 0 Å². The summed E-state index contributed by atoms with van der Waals surface area (Å²) in [6.07, 6.45) is 26.1. The molecule has 14 atom stereocenters. The average Bonchev–Trinajstić information content (AvgIpc) is 3.91. The second-order valence-electron chi connectivity index (χ2n) is 24.1. The lowest BCUT2D eigenvalue weighted by molar-refractivity contribution is 0.448. The standard InChI is InChI=1S/C48H68/c1-19(2)28-37(43-45(39-29(20-3-4-20)30(39)21-5-6-21)46(43)40-31(22-7-8-22)32(40)23-9-10-23)38(28)44-47(41-33(24-11-12-24)34(41)25-13-14-25)48(44)42-35(26-15-16-26)36(42)27-17-18-27/h19-48H,3-18H2,1-2H3. The Kier molecular flexibility index (Phi) is 5.09. The summed E-state index contributed by atoms with van der Waals surface area (Å²) < 4.78 is 0. The van der Waals surface area contributed by atoms with E-state index in [9.17, 15) is 0 Å². The van der Waals surface area contributed by atoms with Crippen LogP contribution in [0.4, 0.5) is 0 Å². The third-order valence-corrected chi connectivity index (χ3v) is 21.1. The minimum atomic E-state index is 0.967. The van der Waals surface area contributed by atoms with Crippen molar-refractivity contribution in [3.8, 4) is 0 Å². The summed E-state index contributed by atoms with van der Waals surface area (Å²) in [6, 6.07) is 0. The average molecular weight is 645 g/mol. The summed E-state index contributed by atoms with van der Waals surface area (Å²) >= 11 is 0. The molecule has 15 aliphatic rings. The van der Waals surface area contributed by atoms with Gasteiger partial charge in [0.2, 0.25) is 0 Å². The second-order valence-corrected chi connectivity index (χ2v) is 24.1. The van der Waals surface area contributed by atoms with Crippen LogP contribution >= 0.6 is 0 Å². The monoisotopic (exact) mass is 645 g/mol. The fourth-order valence-corrected chi connectivity index (χ4v) is 18.6. The zero-order valence-electron chi connectivity index (χ0n) is 30.6. The number of hydrogen-bond donors (Lipinski definition) is 0. The molecule has 15 fully saturated rings. The van der Waals surface area contributed by atoms with Crippen molar-refractivity contribution in [1.29, 1.82) is 0 Å². The van der Waals surface area contributed by atoms with E-state index >= 15 is 0 Å². The molecule has 0 heterocycles. The van der Waals surface area contributed by atoms with Crippen molar-refractivity contribution in [3.63, 3.8) is 0 Å². The fourth-order valence-electron chi connectivity index (χ4n) is 18.6. The van der Waals surface area contributed by atoms with E-state index in [0.29, 0.717) is 0 Å². The lowest BCUT2D eigenvalue weighted by Gasteiger charge is -2.03. The first-order chi connectivity index (χ1) is 23.7. The van der Waals surface area contributed by atoms with Gasteiger partial charge in [0.25, 0.3) is 0 Å². The Bertz CT molecular complexity index is 1130. The Labute approximate surface area is 293 Å². The van der Waals surface area contributed by atoms with Gasteiger partial charge < -0.3 is 0 Å². The number of rotatable bonds is 15. The van der Waals surface area contributed by atoms with Crippen molar-refractivity contribution < 1.29 is 0 Å². The van der Waals surface area contributed by atoms with Gasteiger partial charge in [-0.2, -0.15) is 0 Å². The van der Waals surface area contributed by atoms with E-state index in [2.05, 4.69) is 13.8 Å². The van der Waals surface area contributed by atoms with Crippen LogP contribution in [0, 0.1) is 178 Å². The Hall–Kier alpha value is 0. The van der Waals surface area contributed by atoms with Gasteiger partial charge in [-0.25, -0.2) is 0 Å². The van der Waals surface area contributed by atoms with E-state index < -0.39 is 0 Å². The summed E-state index contributed by atoms with van der Waals surface area (Å²) in [7, 11) is 0. The van der Waals surface area contributed by atoms with Crippen molar-refractivity contribution in [1.82, 2.24) is 0 Å². The maximum Gasteiger partial charge on any atom is -0.0312 e. The van der Waals surface area contributed by atoms with Crippen LogP contribution in [-0.2, 0) is 0 Å². The molecule has 0 aromatic carbocycles. The summed E-state index contributed by atoms with van der Waals surface area (Å²) in [5.41, 5.74) is 0. The highest BCUT2D eigenvalue weighted by Gasteiger charge is 2.85. The van der Waals surface area contributed by atoms with Crippen LogP contribution in [0.15, 0.2) is 0 Å². The van der Waals surface area contributed by atoms with Crippen molar-refractivity contribution in [2.45, 2.75) is 117 Å². The predicted molar refractivity (Wildman–Crippen MR) is 190 cm³/mol. The Balaban J connectivity index is 0.776. The summed E-state index contributed by atoms with van der Waals surface area (Å²) in [6.45, 7) is 5.47. The smallest absolute Gasteiger partial charge is 0.0312 e. The lowest BCUT2D eigenvalue weighted by Crippen LogP contribution is -1.98. The largest absolute Gasteiger partial charge is 0.0625 e. The van der Waals surface area contributed by atoms with Crippen LogP contribution < -0.4 is 0 Å². The van der Waals surface area contributed by atoms with Gasteiger partial charge in [0, 0.05) is 0 Å². The molecule has 0 aromatic heterocycles. The number of hydrogen-bond acceptors (Lipinski definition) is 0. The molecule has 15 aliphatic carbocycles. The van der Waals surface area contributed by atoms with Gasteiger partial charge in [0.05, 0.1) is 0 Å². The highest BCUT2D eigenvalue weighted by Crippen LogP contribution is 2.89. The molecule has 14 unspecified atom stereocenters. The molecule has 0 radical (unpaired) electrons. The van der Waals surface area contributed by atoms with Crippen molar-refractivity contribution in [2.75, 3.05) is 0 Å². The predicted octanol–water partition coefficient (Wildman–Crippen LogP) is 11.0. The van der Waals surface area contributed by atoms with Crippen LogP contribution in [0.25, 0.3) is 0 Å². The minimum Gasteiger partial charge on any atom is -0.0625 e. The fraction of sp³-hybridized carbons (Fsp3) is 1.00. The molecular weight excluding hydrogens is 577 g/mol. The van der Waals surface area contributed by atoms with E-state index in [1.54, 1.807) is 103 Å². The molecule has 0 saturated heterocycles. The lowest BCUT2D eigenvalue weighted by atomic mass is 10.0. The molecule has 15 saturated carbocycles. The molecule has 0 aliphatic heterocycles. The van der Waals surface area contributed by atoms with Gasteiger partial charge in [-0.1, -0.05) is 13.8 Å². The van der Waals surface area contributed by atoms with E-state index in [-0.39, 0.29) is 0 Å². The van der Waals surface area contributed by atoms with Crippen molar-refractivity contribution in [2.24, 2.45) is 178 Å². The van der Waals surface area contributed by atoms with E-state index in [0.717, 1.165) is 11.8 Å². The van der Waals surface area contributed by atoms with E-state index in [4.69, 9.17) is 0 Å². The molecule has 48 heavy (non-hydrogen) atoms. The maximum atomic E-state index is 2.74. The zero-order chi connectivity index (χ0) is 30.6. The molecule has 0 bridgehead atoms. The third-order valence-electron chi connectivity index (χ3n) is 21.1. The van der Waals surface area contributed by atoms with Crippen molar-refractivity contribution >= 4 is 0 Å². The molecule has 260 valence electrons. The van der Waals surface area contributed by atoms with Crippen LogP contribution in [-0.4, -0.2) is 0 Å². The Morgan fingerprint density at radius 1 is 0.208 bits per heavy atom. The highest BCUT2D eigenvalue weighted by atomic mass is 14.9. The minimum absolute atomic E-state index is 0.967. The first-order valence-electron chi connectivity index (χ1n) is 23.7. The van der Waals surface area contributed by atoms with Gasteiger partial charge in [-0.3, -0.25) is 0 Å². The van der Waals surface area contributed by atoms with Crippen LogP contribution in [0.3, 0.4) is 0 Å². The Morgan fingerprint density at radius 2 is 0.354 bits per heavy atom. The van der Waals surface area contributed by atoms with Crippen LogP contribution in [0.5, 0.6) is 0 Å². The van der Waals surface area contributed by atoms with Crippen LogP contribution in [0.2, 0.25) is 0 Å². The molecular formula is C48H68. The SMILES string of the molecule is CC(C)C1C(C2C(C3C(C4CC4)C3C3CC3)C2C2C(C3CC3)C2C2CC2)C1C1C(C2C(C3CC3)C2C2CC2)C1C1C(C2CC2)C1C1CC1. The van der Waals surface area contributed by atoms with Gasteiger partial charge in [0.15, 0.2) is 0 Å². The quantitative estimate of drug-likeness (QED) is 0.166. The highest BCUT2D eigenvalue weighted by molar-refractivity contribution is 5.32. The molecule has 0 heteroatoms. The van der Waals surface area contributed by atoms with E-state index in [1.165, 1.54) is 166 Å². The Morgan fingerprint density at radius 3 is 0.500 bits per heavy atom. The first kappa shape index (κ1) is 27.6. The zero-order valence-corrected chi connectivity index (χ0v) is 30.6. The van der Waals surface area contributed by atoms with E-state index in [1.807, 2.05) is 0 Å². The van der Waals surface area contributed by atoms with Gasteiger partial charge in [-0.05, 0) is 280 Å². The molecule has 0 N–H and O–H groups in total. The molecule has 15 rings (SSSR count). The van der Waals surface area contributed by atoms with Gasteiger partial charge in [0.1, 0.15) is 0 Å². The second kappa shape index (κ2) is 8.85. The molecule has 0 nitrogen and oxygen atoms in total. The van der Waals surface area contributed by atoms with Gasteiger partial charge >= 0.3 is 0 Å². The topological polar surface area (TPSA) is 0 Å². The molecule has 0 amide bonds. The van der Waals surface area contributed by atoms with Crippen molar-refractivity contribution in [3.05, 3.63) is 0 Å². The molecule has 0 spiro atoms. The third kappa shape index (κ3) is 3.93. The molecule has 0 aromatic rings. The maximum absolute atomic E-state index is 2.74. The normalized spacial score (nSPS) is 64.9. The summed E-state index contributed by atoms with van der Waals surface area (Å²) in [5, 5.41) is 0.